The van der Waals surface area contributed by atoms with E-state index in [0.717, 1.165) is 42.6 Å². The fourth-order valence-corrected chi connectivity index (χ4v) is 5.36. The van der Waals surface area contributed by atoms with Crippen molar-refractivity contribution < 1.29 is 8.42 Å². The Morgan fingerprint density at radius 2 is 1.82 bits per heavy atom. The van der Waals surface area contributed by atoms with Crippen LogP contribution in [0.1, 0.15) is 6.42 Å². The van der Waals surface area contributed by atoms with Crippen LogP contribution in [0.3, 0.4) is 0 Å². The Labute approximate surface area is 187 Å². The second-order valence-corrected chi connectivity index (χ2v) is 13.4. The van der Waals surface area contributed by atoms with Gasteiger partial charge in [0.05, 0.1) is 12.9 Å². The number of hydrogen-bond acceptors (Lipinski definition) is 4. The monoisotopic (exact) mass is 573 g/mol. The maximum absolute atomic E-state index is 12.9. The first kappa shape index (κ1) is 20.2. The molecule has 0 amide bonds. The average Bonchev–Trinajstić information content (AvgIpc) is 2.68. The number of hydrogen-bond donors (Lipinski definition) is 2. The summed E-state index contributed by atoms with van der Waals surface area (Å²) in [6.45, 7) is 3.79. The van der Waals surface area contributed by atoms with E-state index in [1.807, 2.05) is 36.4 Å². The number of piperazine rings is 1. The van der Waals surface area contributed by atoms with Crippen LogP contribution in [-0.2, 0) is 10.0 Å². The Hall–Kier alpha value is -1.10. The third-order valence-electron chi connectivity index (χ3n) is 4.98. The summed E-state index contributed by atoms with van der Waals surface area (Å²) >= 11 is 5.81. The molecule has 5 nitrogen and oxygen atoms in total. The van der Waals surface area contributed by atoms with E-state index >= 15 is 0 Å². The molecule has 0 aromatic heterocycles. The first-order valence-corrected chi connectivity index (χ1v) is 12.5. The van der Waals surface area contributed by atoms with Crippen LogP contribution in [0.15, 0.2) is 59.5 Å². The predicted molar refractivity (Wildman–Crippen MR) is 129 cm³/mol. The number of alkyl halides is 2. The van der Waals surface area contributed by atoms with Crippen LogP contribution in [-0.4, -0.2) is 36.9 Å². The fourth-order valence-electron chi connectivity index (χ4n) is 3.53. The Balaban J connectivity index is 1.68. The van der Waals surface area contributed by atoms with Gasteiger partial charge in [-0.1, -0.05) is 74.9 Å². The number of allylic oxidation sites excluding steroid dienone is 3. The quantitative estimate of drug-likeness (QED) is 0.421. The van der Waals surface area contributed by atoms with Crippen molar-refractivity contribution in [3.63, 3.8) is 0 Å². The molecule has 1 atom stereocenters. The van der Waals surface area contributed by atoms with E-state index < -0.39 is 10.0 Å². The summed E-state index contributed by atoms with van der Waals surface area (Å²) in [5.74, 6) is 0. The standard InChI is InChI=1S/C20H21BrIN3O2S/c21-20(22)9-7-15(8-10-20)28(26,27)24-18-5-6-19(25-13-11-23-12-14-25)17-4-2-1-3-16(17)18/h1-9,23-24H,10-14H2. The van der Waals surface area contributed by atoms with Crippen LogP contribution < -0.4 is 14.9 Å². The molecular formula is C20H21BrIN3O2S. The fraction of sp³-hybridized carbons (Fsp3) is 0.300. The molecule has 2 aromatic rings. The largest absolute Gasteiger partial charge is 0.368 e. The molecule has 0 radical (unpaired) electrons. The molecule has 2 aliphatic rings. The van der Waals surface area contributed by atoms with Crippen LogP contribution in [0, 0.1) is 0 Å². The Morgan fingerprint density at radius 3 is 2.50 bits per heavy atom. The van der Waals surface area contributed by atoms with Gasteiger partial charge in [-0.05, 0) is 24.6 Å². The molecule has 2 N–H and O–H groups in total. The molecule has 28 heavy (non-hydrogen) atoms. The number of nitrogens with zero attached hydrogens (tertiary/aromatic N) is 1. The number of benzene rings is 2. The van der Waals surface area contributed by atoms with Crippen molar-refractivity contribution in [2.75, 3.05) is 35.8 Å². The lowest BCUT2D eigenvalue weighted by Gasteiger charge is -2.31. The van der Waals surface area contributed by atoms with E-state index in [4.69, 9.17) is 0 Å². The van der Waals surface area contributed by atoms with Gasteiger partial charge in [-0.25, -0.2) is 8.42 Å². The van der Waals surface area contributed by atoms with E-state index in [-0.39, 0.29) is 2.33 Å². The molecule has 1 heterocycles. The number of rotatable bonds is 4. The third kappa shape index (κ3) is 4.24. The summed E-state index contributed by atoms with van der Waals surface area (Å²) in [7, 11) is -3.64. The van der Waals surface area contributed by atoms with Crippen molar-refractivity contribution in [3.05, 3.63) is 59.5 Å². The van der Waals surface area contributed by atoms with Gasteiger partial charge in [-0.2, -0.15) is 0 Å². The lowest BCUT2D eigenvalue weighted by molar-refractivity contribution is 0.590. The molecule has 4 rings (SSSR count). The van der Waals surface area contributed by atoms with Gasteiger partial charge in [-0.3, -0.25) is 4.72 Å². The Morgan fingerprint density at radius 1 is 1.11 bits per heavy atom. The molecule has 148 valence electrons. The molecule has 1 saturated heterocycles. The molecule has 8 heteroatoms. The lowest BCUT2D eigenvalue weighted by atomic mass is 10.1. The van der Waals surface area contributed by atoms with Gasteiger partial charge in [0, 0.05) is 42.6 Å². The first-order chi connectivity index (χ1) is 13.4. The van der Waals surface area contributed by atoms with Crippen molar-refractivity contribution in [3.8, 4) is 0 Å². The van der Waals surface area contributed by atoms with Crippen LogP contribution in [0.2, 0.25) is 0 Å². The summed E-state index contributed by atoms with van der Waals surface area (Å²) in [6.07, 6.45) is 5.89. The minimum absolute atomic E-state index is 0.221. The zero-order valence-electron chi connectivity index (χ0n) is 15.2. The molecule has 1 unspecified atom stereocenters. The number of fused-ring (bicyclic) bond motifs is 1. The highest BCUT2D eigenvalue weighted by Gasteiger charge is 2.26. The molecule has 1 fully saturated rings. The molecule has 0 saturated carbocycles. The summed E-state index contributed by atoms with van der Waals surface area (Å²) in [6, 6.07) is 11.9. The van der Waals surface area contributed by atoms with E-state index in [9.17, 15) is 8.42 Å². The SMILES string of the molecule is O=S(=O)(Nc1ccc(N2CCNCC2)c2ccccc12)C1=CCC(Br)(I)C=C1. The molecule has 1 aliphatic heterocycles. The van der Waals surface area contributed by atoms with E-state index in [1.54, 1.807) is 12.2 Å². The Kier molecular flexibility index (Phi) is 5.74. The molecule has 0 spiro atoms. The number of nitrogens with one attached hydrogen (secondary N) is 2. The average molecular weight is 574 g/mol. The minimum atomic E-state index is -3.64. The van der Waals surface area contributed by atoms with E-state index in [2.05, 4.69) is 59.5 Å². The van der Waals surface area contributed by atoms with Gasteiger partial charge < -0.3 is 10.2 Å². The van der Waals surface area contributed by atoms with E-state index in [0.29, 0.717) is 17.0 Å². The van der Waals surface area contributed by atoms with Crippen LogP contribution >= 0.6 is 38.5 Å². The summed E-state index contributed by atoms with van der Waals surface area (Å²) < 4.78 is 28.4. The molecule has 0 bridgehead atoms. The normalized spacial score (nSPS) is 22.9. The maximum atomic E-state index is 12.9. The van der Waals surface area contributed by atoms with Gasteiger partial charge in [0.15, 0.2) is 0 Å². The third-order valence-corrected chi connectivity index (χ3v) is 7.78. The van der Waals surface area contributed by atoms with Gasteiger partial charge >= 0.3 is 0 Å². The summed E-state index contributed by atoms with van der Waals surface area (Å²) in [5, 5.41) is 5.34. The van der Waals surface area contributed by atoms with Crippen LogP contribution in [0.25, 0.3) is 10.8 Å². The predicted octanol–water partition coefficient (Wildman–Crippen LogP) is 4.36. The maximum Gasteiger partial charge on any atom is 0.261 e. The first-order valence-electron chi connectivity index (χ1n) is 9.13. The lowest BCUT2D eigenvalue weighted by Crippen LogP contribution is -2.43. The van der Waals surface area contributed by atoms with E-state index in [1.165, 1.54) is 0 Å². The van der Waals surface area contributed by atoms with Crippen molar-refractivity contribution in [1.29, 1.82) is 0 Å². The number of sulfonamides is 1. The van der Waals surface area contributed by atoms with Gasteiger partial charge in [0.25, 0.3) is 10.0 Å². The zero-order valence-corrected chi connectivity index (χ0v) is 19.7. The van der Waals surface area contributed by atoms with Gasteiger partial charge in [0.1, 0.15) is 0 Å². The number of halogens is 2. The topological polar surface area (TPSA) is 61.4 Å². The van der Waals surface area contributed by atoms with Gasteiger partial charge in [0.2, 0.25) is 0 Å². The Bertz CT molecular complexity index is 1060. The summed E-state index contributed by atoms with van der Waals surface area (Å²) in [4.78, 5) is 2.65. The minimum Gasteiger partial charge on any atom is -0.368 e. The highest BCUT2D eigenvalue weighted by Crippen LogP contribution is 2.38. The number of anilines is 2. The highest BCUT2D eigenvalue weighted by molar-refractivity contribution is 14.1. The van der Waals surface area contributed by atoms with Gasteiger partial charge in [-0.15, -0.1) is 0 Å². The smallest absolute Gasteiger partial charge is 0.261 e. The highest BCUT2D eigenvalue weighted by atomic mass is 127. The molecule has 2 aromatic carbocycles. The van der Waals surface area contributed by atoms with Crippen molar-refractivity contribution in [2.45, 2.75) is 8.75 Å². The van der Waals surface area contributed by atoms with Crippen LogP contribution in [0.5, 0.6) is 0 Å². The van der Waals surface area contributed by atoms with Crippen LogP contribution in [0.4, 0.5) is 11.4 Å². The molecular weight excluding hydrogens is 553 g/mol. The zero-order chi connectivity index (χ0) is 19.8. The molecule has 1 aliphatic carbocycles. The second-order valence-electron chi connectivity index (χ2n) is 6.93. The van der Waals surface area contributed by atoms with Crippen molar-refractivity contribution in [2.24, 2.45) is 0 Å². The van der Waals surface area contributed by atoms with Crippen molar-refractivity contribution in [1.82, 2.24) is 5.32 Å². The second kappa shape index (κ2) is 7.97. The summed E-state index contributed by atoms with van der Waals surface area (Å²) in [5.41, 5.74) is 1.75. The van der Waals surface area contributed by atoms with Crippen molar-refractivity contribution >= 4 is 70.7 Å².